The molecule has 3 nitrogen and oxygen atoms in total. The van der Waals surface area contributed by atoms with Gasteiger partial charge in [0.15, 0.2) is 0 Å². The van der Waals surface area contributed by atoms with Crippen molar-refractivity contribution in [3.05, 3.63) is 29.8 Å². The van der Waals surface area contributed by atoms with Crippen LogP contribution in [0.15, 0.2) is 24.3 Å². The molecule has 0 aliphatic carbocycles. The van der Waals surface area contributed by atoms with Crippen LogP contribution < -0.4 is 4.72 Å². The third kappa shape index (κ3) is 3.06. The lowest BCUT2D eigenvalue weighted by atomic mass is 10.2. The summed E-state index contributed by atoms with van der Waals surface area (Å²) in [4.78, 5) is 0. The van der Waals surface area contributed by atoms with Gasteiger partial charge < -0.3 is 0 Å². The SMILES string of the molecule is CCS(=O)(=O)Nc1ccc(C)cc1. The first-order chi connectivity index (χ1) is 6.03. The average Bonchev–Trinajstić information content (AvgIpc) is 2.09. The maximum Gasteiger partial charge on any atom is 0.232 e. The van der Waals surface area contributed by atoms with E-state index in [0.29, 0.717) is 5.69 Å². The molecule has 0 atom stereocenters. The summed E-state index contributed by atoms with van der Waals surface area (Å²) in [5, 5.41) is 0. The van der Waals surface area contributed by atoms with E-state index in [4.69, 9.17) is 0 Å². The largest absolute Gasteiger partial charge is 0.284 e. The van der Waals surface area contributed by atoms with Crippen molar-refractivity contribution >= 4 is 15.7 Å². The van der Waals surface area contributed by atoms with E-state index in [1.807, 2.05) is 19.1 Å². The standard InChI is InChI=1S/C9H13NO2S/c1-3-13(11,12)10-9-6-4-8(2)5-7-9/h4-7,10H,3H2,1-2H3. The van der Waals surface area contributed by atoms with E-state index in [9.17, 15) is 8.42 Å². The molecular formula is C9H13NO2S. The van der Waals surface area contributed by atoms with E-state index >= 15 is 0 Å². The fourth-order valence-corrected chi connectivity index (χ4v) is 1.51. The van der Waals surface area contributed by atoms with Gasteiger partial charge in [-0.05, 0) is 26.0 Å². The molecular weight excluding hydrogens is 186 g/mol. The van der Waals surface area contributed by atoms with Gasteiger partial charge in [-0.25, -0.2) is 8.42 Å². The van der Waals surface area contributed by atoms with Gasteiger partial charge in [0.05, 0.1) is 5.75 Å². The van der Waals surface area contributed by atoms with Crippen molar-refractivity contribution in [2.45, 2.75) is 13.8 Å². The van der Waals surface area contributed by atoms with Crippen LogP contribution in [0.2, 0.25) is 0 Å². The van der Waals surface area contributed by atoms with Crippen LogP contribution in [0, 0.1) is 6.92 Å². The summed E-state index contributed by atoms with van der Waals surface area (Å²) < 4.78 is 24.8. The zero-order valence-corrected chi connectivity index (χ0v) is 8.56. The molecule has 0 bridgehead atoms. The monoisotopic (exact) mass is 199 g/mol. The molecule has 0 saturated heterocycles. The van der Waals surface area contributed by atoms with Gasteiger partial charge in [0, 0.05) is 5.69 Å². The number of hydrogen-bond donors (Lipinski definition) is 1. The number of benzene rings is 1. The summed E-state index contributed by atoms with van der Waals surface area (Å²) in [6.45, 7) is 3.56. The highest BCUT2D eigenvalue weighted by Gasteiger charge is 2.05. The second-order valence-electron chi connectivity index (χ2n) is 2.87. The first-order valence-corrected chi connectivity index (χ1v) is 5.76. The van der Waals surface area contributed by atoms with Crippen LogP contribution >= 0.6 is 0 Å². The van der Waals surface area contributed by atoms with Crippen LogP contribution in [0.5, 0.6) is 0 Å². The van der Waals surface area contributed by atoms with Crippen molar-refractivity contribution in [2.24, 2.45) is 0 Å². The fraction of sp³-hybridized carbons (Fsp3) is 0.333. The van der Waals surface area contributed by atoms with Crippen molar-refractivity contribution in [2.75, 3.05) is 10.5 Å². The number of nitrogens with one attached hydrogen (secondary N) is 1. The minimum absolute atomic E-state index is 0.0981. The Kier molecular flexibility index (Phi) is 2.93. The maximum absolute atomic E-state index is 11.1. The van der Waals surface area contributed by atoms with Crippen LogP contribution in [0.25, 0.3) is 0 Å². The quantitative estimate of drug-likeness (QED) is 0.806. The lowest BCUT2D eigenvalue weighted by molar-refractivity contribution is 0.602. The smallest absolute Gasteiger partial charge is 0.232 e. The maximum atomic E-state index is 11.1. The number of hydrogen-bond acceptors (Lipinski definition) is 2. The summed E-state index contributed by atoms with van der Waals surface area (Å²) in [5.74, 6) is 0.0981. The van der Waals surface area contributed by atoms with E-state index < -0.39 is 10.0 Å². The minimum Gasteiger partial charge on any atom is -0.284 e. The van der Waals surface area contributed by atoms with Gasteiger partial charge in [-0.2, -0.15) is 0 Å². The van der Waals surface area contributed by atoms with Gasteiger partial charge in [0.2, 0.25) is 10.0 Å². The summed E-state index contributed by atoms with van der Waals surface area (Å²) in [6, 6.07) is 7.24. The van der Waals surface area contributed by atoms with Crippen LogP contribution in [0.1, 0.15) is 12.5 Å². The summed E-state index contributed by atoms with van der Waals surface area (Å²) >= 11 is 0. The molecule has 0 fully saturated rings. The minimum atomic E-state index is -3.14. The van der Waals surface area contributed by atoms with E-state index in [1.54, 1.807) is 19.1 Å². The summed E-state index contributed by atoms with van der Waals surface area (Å²) in [6.07, 6.45) is 0. The number of aryl methyl sites for hydroxylation is 1. The van der Waals surface area contributed by atoms with Gasteiger partial charge in [-0.15, -0.1) is 0 Å². The highest BCUT2D eigenvalue weighted by Crippen LogP contribution is 2.10. The van der Waals surface area contributed by atoms with E-state index in [1.165, 1.54) is 0 Å². The molecule has 0 radical (unpaired) electrons. The molecule has 0 unspecified atom stereocenters. The third-order valence-electron chi connectivity index (χ3n) is 1.70. The van der Waals surface area contributed by atoms with Gasteiger partial charge in [0.25, 0.3) is 0 Å². The Balaban J connectivity index is 2.82. The Hall–Kier alpha value is -1.03. The molecule has 1 rings (SSSR count). The predicted molar refractivity (Wildman–Crippen MR) is 54.3 cm³/mol. The zero-order valence-electron chi connectivity index (χ0n) is 7.74. The highest BCUT2D eigenvalue weighted by molar-refractivity contribution is 7.92. The van der Waals surface area contributed by atoms with E-state index in [-0.39, 0.29) is 5.75 Å². The molecule has 0 saturated carbocycles. The molecule has 0 spiro atoms. The van der Waals surface area contributed by atoms with Gasteiger partial charge in [0.1, 0.15) is 0 Å². The van der Waals surface area contributed by atoms with Gasteiger partial charge in [-0.1, -0.05) is 17.7 Å². The molecule has 1 aromatic carbocycles. The third-order valence-corrected chi connectivity index (χ3v) is 3.01. The molecule has 0 aliphatic rings. The van der Waals surface area contributed by atoms with Crippen LogP contribution in [0.4, 0.5) is 5.69 Å². The molecule has 0 amide bonds. The molecule has 13 heavy (non-hydrogen) atoms. The number of rotatable bonds is 3. The molecule has 0 aromatic heterocycles. The fourth-order valence-electron chi connectivity index (χ4n) is 0.873. The second kappa shape index (κ2) is 3.79. The molecule has 1 N–H and O–H groups in total. The normalized spacial score (nSPS) is 11.2. The number of sulfonamides is 1. The summed E-state index contributed by atoms with van der Waals surface area (Å²) in [5.41, 5.74) is 1.73. The topological polar surface area (TPSA) is 46.2 Å². The van der Waals surface area contributed by atoms with Crippen molar-refractivity contribution in [1.82, 2.24) is 0 Å². The van der Waals surface area contributed by atoms with Gasteiger partial charge >= 0.3 is 0 Å². The highest BCUT2D eigenvalue weighted by atomic mass is 32.2. The van der Waals surface area contributed by atoms with Crippen molar-refractivity contribution < 1.29 is 8.42 Å². The Bertz CT molecular complexity index is 367. The molecule has 72 valence electrons. The lowest BCUT2D eigenvalue weighted by Gasteiger charge is -2.05. The summed E-state index contributed by atoms with van der Waals surface area (Å²) in [7, 11) is -3.14. The first kappa shape index (κ1) is 10.1. The molecule has 4 heteroatoms. The Morgan fingerprint density at radius 3 is 2.23 bits per heavy atom. The molecule has 0 heterocycles. The second-order valence-corrected chi connectivity index (χ2v) is 4.88. The molecule has 1 aromatic rings. The number of anilines is 1. The Morgan fingerprint density at radius 1 is 1.23 bits per heavy atom. The van der Waals surface area contributed by atoms with Crippen molar-refractivity contribution in [3.63, 3.8) is 0 Å². The average molecular weight is 199 g/mol. The molecule has 0 aliphatic heterocycles. The predicted octanol–water partition coefficient (Wildman–Crippen LogP) is 1.76. The first-order valence-electron chi connectivity index (χ1n) is 4.10. The van der Waals surface area contributed by atoms with Crippen LogP contribution in [0.3, 0.4) is 0 Å². The van der Waals surface area contributed by atoms with Crippen LogP contribution in [-0.4, -0.2) is 14.2 Å². The van der Waals surface area contributed by atoms with Crippen LogP contribution in [-0.2, 0) is 10.0 Å². The lowest BCUT2D eigenvalue weighted by Crippen LogP contribution is -2.14. The zero-order chi connectivity index (χ0) is 9.90. The Morgan fingerprint density at radius 2 is 1.77 bits per heavy atom. The van der Waals surface area contributed by atoms with Crippen molar-refractivity contribution in [1.29, 1.82) is 0 Å². The Labute approximate surface area is 78.8 Å². The van der Waals surface area contributed by atoms with E-state index in [2.05, 4.69) is 4.72 Å². The van der Waals surface area contributed by atoms with E-state index in [0.717, 1.165) is 5.56 Å². The van der Waals surface area contributed by atoms with Gasteiger partial charge in [-0.3, -0.25) is 4.72 Å². The van der Waals surface area contributed by atoms with Crippen molar-refractivity contribution in [3.8, 4) is 0 Å².